The van der Waals surface area contributed by atoms with Crippen molar-refractivity contribution in [2.24, 2.45) is 7.05 Å². The van der Waals surface area contributed by atoms with E-state index in [1.165, 1.54) is 0 Å². The summed E-state index contributed by atoms with van der Waals surface area (Å²) in [5.41, 5.74) is 2.21. The molecule has 6 nitrogen and oxygen atoms in total. The monoisotopic (exact) mass is 313 g/mol. The molecule has 1 aromatic heterocycles. The molecule has 23 heavy (non-hydrogen) atoms. The summed E-state index contributed by atoms with van der Waals surface area (Å²) in [4.78, 5) is 14.4. The van der Waals surface area contributed by atoms with Gasteiger partial charge in [0.15, 0.2) is 11.5 Å². The number of carbonyl (C=O) groups is 1. The number of rotatable bonds is 2. The Kier molecular flexibility index (Phi) is 3.44. The lowest BCUT2D eigenvalue weighted by molar-refractivity contribution is 0.0652. The normalized spacial score (nSPS) is 16.7. The Morgan fingerprint density at radius 3 is 2.65 bits per heavy atom. The molecule has 2 aliphatic rings. The third-order valence-electron chi connectivity index (χ3n) is 4.22. The van der Waals surface area contributed by atoms with Crippen LogP contribution in [-0.4, -0.2) is 46.9 Å². The molecule has 1 amide bonds. The van der Waals surface area contributed by atoms with Crippen molar-refractivity contribution in [3.63, 3.8) is 0 Å². The van der Waals surface area contributed by atoms with Crippen molar-refractivity contribution in [2.75, 3.05) is 26.3 Å². The van der Waals surface area contributed by atoms with Crippen LogP contribution in [0.15, 0.2) is 24.4 Å². The fraction of sp³-hybridized carbons (Fsp3) is 0.412. The molecule has 3 heterocycles. The van der Waals surface area contributed by atoms with E-state index in [4.69, 9.17) is 9.47 Å². The maximum absolute atomic E-state index is 12.6. The quantitative estimate of drug-likeness (QED) is 0.852. The Balaban J connectivity index is 1.73. The fourth-order valence-electron chi connectivity index (χ4n) is 2.86. The smallest absolute Gasteiger partial charge is 0.257 e. The number of carbonyl (C=O) groups excluding carboxylic acids is 1. The minimum absolute atomic E-state index is 0.0476. The molecule has 2 aromatic rings. The molecule has 0 unspecified atom stereocenters. The highest BCUT2D eigenvalue weighted by Crippen LogP contribution is 2.35. The topological polar surface area (TPSA) is 56.6 Å². The SMILES string of the molecule is Cn1cc(C(=O)N2CCC2)c(-c2ccc3c(c2)OCCCO3)n1. The zero-order valence-electron chi connectivity index (χ0n) is 13.1. The number of nitrogens with zero attached hydrogens (tertiary/aromatic N) is 3. The molecule has 1 aromatic carbocycles. The van der Waals surface area contributed by atoms with E-state index in [1.807, 2.05) is 30.1 Å². The summed E-state index contributed by atoms with van der Waals surface area (Å²) < 4.78 is 13.1. The number of fused-ring (bicyclic) bond motifs is 1. The molecular weight excluding hydrogens is 294 g/mol. The van der Waals surface area contributed by atoms with E-state index in [0.717, 1.165) is 37.2 Å². The molecular formula is C17H19N3O3. The average molecular weight is 313 g/mol. The van der Waals surface area contributed by atoms with E-state index in [-0.39, 0.29) is 5.91 Å². The Morgan fingerprint density at radius 2 is 1.91 bits per heavy atom. The third-order valence-corrected chi connectivity index (χ3v) is 4.22. The Bertz CT molecular complexity index is 750. The van der Waals surface area contributed by atoms with Gasteiger partial charge in [-0.2, -0.15) is 5.10 Å². The van der Waals surface area contributed by atoms with Crippen LogP contribution >= 0.6 is 0 Å². The highest BCUT2D eigenvalue weighted by atomic mass is 16.5. The van der Waals surface area contributed by atoms with E-state index < -0.39 is 0 Å². The Hall–Kier alpha value is -2.50. The van der Waals surface area contributed by atoms with Crippen molar-refractivity contribution in [1.82, 2.24) is 14.7 Å². The second-order valence-corrected chi connectivity index (χ2v) is 5.92. The van der Waals surface area contributed by atoms with Gasteiger partial charge in [-0.25, -0.2) is 0 Å². The third kappa shape index (κ3) is 2.54. The van der Waals surface area contributed by atoms with Crippen LogP contribution in [0.1, 0.15) is 23.2 Å². The second-order valence-electron chi connectivity index (χ2n) is 5.92. The average Bonchev–Trinajstić information content (AvgIpc) is 2.73. The predicted molar refractivity (Wildman–Crippen MR) is 84.8 cm³/mol. The van der Waals surface area contributed by atoms with Crippen molar-refractivity contribution >= 4 is 5.91 Å². The molecule has 0 bridgehead atoms. The lowest BCUT2D eigenvalue weighted by Gasteiger charge is -2.30. The van der Waals surface area contributed by atoms with Crippen molar-refractivity contribution in [1.29, 1.82) is 0 Å². The maximum atomic E-state index is 12.6. The molecule has 0 radical (unpaired) electrons. The first kappa shape index (κ1) is 14.1. The number of benzene rings is 1. The van der Waals surface area contributed by atoms with E-state index in [2.05, 4.69) is 5.10 Å². The van der Waals surface area contributed by atoms with Gasteiger partial charge < -0.3 is 14.4 Å². The van der Waals surface area contributed by atoms with E-state index in [1.54, 1.807) is 10.9 Å². The van der Waals surface area contributed by atoms with Crippen LogP contribution in [0, 0.1) is 0 Å². The molecule has 6 heteroatoms. The minimum atomic E-state index is 0.0476. The van der Waals surface area contributed by atoms with Crippen LogP contribution in [0.4, 0.5) is 0 Å². The second kappa shape index (κ2) is 5.61. The molecule has 0 atom stereocenters. The van der Waals surface area contributed by atoms with Gasteiger partial charge in [0.25, 0.3) is 5.91 Å². The lowest BCUT2D eigenvalue weighted by atomic mass is 10.1. The zero-order valence-corrected chi connectivity index (χ0v) is 13.1. The number of hydrogen-bond acceptors (Lipinski definition) is 4. The number of hydrogen-bond donors (Lipinski definition) is 0. The van der Waals surface area contributed by atoms with Gasteiger partial charge in [0.2, 0.25) is 0 Å². The van der Waals surface area contributed by atoms with Gasteiger partial charge in [-0.15, -0.1) is 0 Å². The van der Waals surface area contributed by atoms with Gasteiger partial charge in [-0.3, -0.25) is 9.48 Å². The largest absolute Gasteiger partial charge is 0.490 e. The number of amides is 1. The van der Waals surface area contributed by atoms with Crippen LogP contribution in [0.25, 0.3) is 11.3 Å². The molecule has 1 fully saturated rings. The van der Waals surface area contributed by atoms with Crippen molar-refractivity contribution in [3.05, 3.63) is 30.0 Å². The summed E-state index contributed by atoms with van der Waals surface area (Å²) in [6.45, 7) is 2.95. The molecule has 0 aliphatic carbocycles. The molecule has 120 valence electrons. The van der Waals surface area contributed by atoms with Gasteiger partial charge in [-0.05, 0) is 24.6 Å². The van der Waals surface area contributed by atoms with Crippen LogP contribution in [0.2, 0.25) is 0 Å². The summed E-state index contributed by atoms with van der Waals surface area (Å²) in [5, 5.41) is 4.49. The summed E-state index contributed by atoms with van der Waals surface area (Å²) in [6, 6.07) is 5.74. The van der Waals surface area contributed by atoms with Gasteiger partial charge in [0.05, 0.1) is 18.8 Å². The van der Waals surface area contributed by atoms with Crippen molar-refractivity contribution in [3.8, 4) is 22.8 Å². The highest BCUT2D eigenvalue weighted by Gasteiger charge is 2.26. The van der Waals surface area contributed by atoms with Crippen LogP contribution in [-0.2, 0) is 7.05 Å². The summed E-state index contributed by atoms with van der Waals surface area (Å²) in [7, 11) is 1.83. The van der Waals surface area contributed by atoms with Gasteiger partial charge in [0.1, 0.15) is 5.69 Å². The molecule has 1 saturated heterocycles. The number of aryl methyl sites for hydroxylation is 1. The molecule has 0 N–H and O–H groups in total. The highest BCUT2D eigenvalue weighted by molar-refractivity contribution is 6.00. The fourth-order valence-corrected chi connectivity index (χ4v) is 2.86. The van der Waals surface area contributed by atoms with Crippen LogP contribution in [0.3, 0.4) is 0 Å². The van der Waals surface area contributed by atoms with Gasteiger partial charge >= 0.3 is 0 Å². The summed E-state index contributed by atoms with van der Waals surface area (Å²) in [5.74, 6) is 1.51. The molecule has 0 spiro atoms. The first-order chi connectivity index (χ1) is 11.2. The van der Waals surface area contributed by atoms with Gasteiger partial charge in [-0.1, -0.05) is 0 Å². The van der Waals surface area contributed by atoms with E-state index in [0.29, 0.717) is 30.2 Å². The molecule has 0 saturated carbocycles. The minimum Gasteiger partial charge on any atom is -0.490 e. The number of likely N-dealkylation sites (tertiary alicyclic amines) is 1. The maximum Gasteiger partial charge on any atom is 0.257 e. The first-order valence-electron chi connectivity index (χ1n) is 7.95. The predicted octanol–water partition coefficient (Wildman–Crippen LogP) is 2.09. The molecule has 2 aliphatic heterocycles. The zero-order chi connectivity index (χ0) is 15.8. The summed E-state index contributed by atoms with van der Waals surface area (Å²) in [6.07, 6.45) is 3.73. The van der Waals surface area contributed by atoms with Gasteiger partial charge in [0, 0.05) is 38.3 Å². The molecule has 4 rings (SSSR count). The van der Waals surface area contributed by atoms with E-state index in [9.17, 15) is 4.79 Å². The van der Waals surface area contributed by atoms with Crippen molar-refractivity contribution in [2.45, 2.75) is 12.8 Å². The lowest BCUT2D eigenvalue weighted by Crippen LogP contribution is -2.42. The standard InChI is InChI=1S/C17H19N3O3/c1-19-11-13(17(21)20-6-2-7-20)16(18-19)12-4-5-14-15(10-12)23-9-3-8-22-14/h4-5,10-11H,2-3,6-9H2,1H3. The van der Waals surface area contributed by atoms with Crippen LogP contribution in [0.5, 0.6) is 11.5 Å². The number of aromatic nitrogens is 2. The van der Waals surface area contributed by atoms with Crippen molar-refractivity contribution < 1.29 is 14.3 Å². The van der Waals surface area contributed by atoms with E-state index >= 15 is 0 Å². The Morgan fingerprint density at radius 1 is 1.13 bits per heavy atom. The first-order valence-corrected chi connectivity index (χ1v) is 7.95. The summed E-state index contributed by atoms with van der Waals surface area (Å²) >= 11 is 0. The number of ether oxygens (including phenoxy) is 2. The van der Waals surface area contributed by atoms with Crippen LogP contribution < -0.4 is 9.47 Å². The Labute approximate surface area is 134 Å².